The second-order valence-corrected chi connectivity index (χ2v) is 5.12. The fraction of sp³-hybridized carbons (Fsp3) is 0.417. The molecule has 0 aliphatic heterocycles. The summed E-state index contributed by atoms with van der Waals surface area (Å²) in [6.45, 7) is 3.99. The normalized spacial score (nSPS) is 11.7. The highest BCUT2D eigenvalue weighted by Gasteiger charge is 2.14. The molecular formula is C12H15BrN2O4. The predicted molar refractivity (Wildman–Crippen MR) is 75.1 cm³/mol. The van der Waals surface area contributed by atoms with E-state index in [1.165, 1.54) is 13.0 Å². The Morgan fingerprint density at radius 3 is 2.84 bits per heavy atom. The number of ether oxygens (including phenoxy) is 1. The van der Waals surface area contributed by atoms with Crippen LogP contribution in [0.15, 0.2) is 22.7 Å². The van der Waals surface area contributed by atoms with E-state index in [0.717, 1.165) is 4.47 Å². The zero-order valence-corrected chi connectivity index (χ0v) is 12.3. The van der Waals surface area contributed by atoms with Gasteiger partial charge in [0.25, 0.3) is 5.69 Å². The fourth-order valence-corrected chi connectivity index (χ4v) is 1.77. The number of carbonyl (C=O) groups excluding carboxylic acids is 1. The molecule has 0 unspecified atom stereocenters. The molecule has 0 aromatic heterocycles. The molecule has 6 nitrogen and oxygen atoms in total. The number of carbonyl (C=O) groups is 1. The lowest BCUT2D eigenvalue weighted by Gasteiger charge is -2.13. The molecule has 7 heteroatoms. The van der Waals surface area contributed by atoms with Crippen LogP contribution in [0.3, 0.4) is 0 Å². The van der Waals surface area contributed by atoms with Crippen molar-refractivity contribution in [3.63, 3.8) is 0 Å². The standard InChI is InChI=1S/C12H15BrN2O4/c1-8(7-19-9(2)16)6-14-11-5-10(13)3-4-12(11)15(17)18/h3-5,8,14H,6-7H2,1-2H3/t8-/m0/s1. The number of hydrogen-bond acceptors (Lipinski definition) is 5. The van der Waals surface area contributed by atoms with E-state index < -0.39 is 4.92 Å². The molecule has 1 aromatic carbocycles. The fourth-order valence-electron chi connectivity index (χ4n) is 1.41. The summed E-state index contributed by atoms with van der Waals surface area (Å²) in [4.78, 5) is 21.1. The number of halogens is 1. The van der Waals surface area contributed by atoms with Gasteiger partial charge in [-0.15, -0.1) is 0 Å². The minimum Gasteiger partial charge on any atom is -0.466 e. The molecule has 0 bridgehead atoms. The van der Waals surface area contributed by atoms with Gasteiger partial charge in [-0.05, 0) is 12.1 Å². The van der Waals surface area contributed by atoms with E-state index in [4.69, 9.17) is 4.74 Å². The Morgan fingerprint density at radius 2 is 2.26 bits per heavy atom. The second-order valence-electron chi connectivity index (χ2n) is 4.21. The van der Waals surface area contributed by atoms with E-state index in [-0.39, 0.29) is 24.2 Å². The van der Waals surface area contributed by atoms with Gasteiger partial charge >= 0.3 is 5.97 Å². The van der Waals surface area contributed by atoms with Crippen molar-refractivity contribution < 1.29 is 14.5 Å². The van der Waals surface area contributed by atoms with Crippen molar-refractivity contribution in [2.24, 2.45) is 5.92 Å². The van der Waals surface area contributed by atoms with Crippen molar-refractivity contribution in [1.82, 2.24) is 0 Å². The molecule has 0 radical (unpaired) electrons. The summed E-state index contributed by atoms with van der Waals surface area (Å²) in [5.74, 6) is -0.275. The molecule has 0 saturated carbocycles. The topological polar surface area (TPSA) is 81.5 Å². The monoisotopic (exact) mass is 330 g/mol. The van der Waals surface area contributed by atoms with Crippen molar-refractivity contribution in [2.75, 3.05) is 18.5 Å². The van der Waals surface area contributed by atoms with Gasteiger partial charge in [-0.3, -0.25) is 14.9 Å². The third kappa shape index (κ3) is 5.25. The van der Waals surface area contributed by atoms with E-state index in [0.29, 0.717) is 12.2 Å². The van der Waals surface area contributed by atoms with Crippen LogP contribution in [-0.2, 0) is 9.53 Å². The Hall–Kier alpha value is -1.63. The van der Waals surface area contributed by atoms with Crippen LogP contribution in [0.5, 0.6) is 0 Å². The maximum atomic E-state index is 10.9. The van der Waals surface area contributed by atoms with Crippen LogP contribution in [0.2, 0.25) is 0 Å². The quantitative estimate of drug-likeness (QED) is 0.492. The number of nitro benzene ring substituents is 1. The van der Waals surface area contributed by atoms with Gasteiger partial charge in [0.15, 0.2) is 0 Å². The predicted octanol–water partition coefficient (Wildman–Crippen LogP) is 2.97. The number of nitro groups is 1. The van der Waals surface area contributed by atoms with Gasteiger partial charge in [-0.2, -0.15) is 0 Å². The van der Waals surface area contributed by atoms with Gasteiger partial charge in [0.05, 0.1) is 11.5 Å². The molecule has 1 N–H and O–H groups in total. The molecule has 1 atom stereocenters. The lowest BCUT2D eigenvalue weighted by atomic mass is 10.2. The minimum atomic E-state index is -0.439. The summed E-state index contributed by atoms with van der Waals surface area (Å²) in [5, 5.41) is 13.9. The summed E-state index contributed by atoms with van der Waals surface area (Å²) in [6.07, 6.45) is 0. The van der Waals surface area contributed by atoms with Gasteiger partial charge in [0, 0.05) is 29.9 Å². The number of hydrogen-bond donors (Lipinski definition) is 1. The molecule has 0 aliphatic carbocycles. The molecule has 0 saturated heterocycles. The number of nitrogens with zero attached hydrogens (tertiary/aromatic N) is 1. The molecule has 1 aromatic rings. The molecule has 104 valence electrons. The molecule has 0 heterocycles. The van der Waals surface area contributed by atoms with Gasteiger partial charge in [0.2, 0.25) is 0 Å². The zero-order valence-electron chi connectivity index (χ0n) is 10.7. The highest BCUT2D eigenvalue weighted by atomic mass is 79.9. The Kier molecular flexibility index (Phi) is 5.75. The Balaban J connectivity index is 2.63. The van der Waals surface area contributed by atoms with Crippen molar-refractivity contribution in [3.8, 4) is 0 Å². The van der Waals surface area contributed by atoms with Crippen LogP contribution in [0.1, 0.15) is 13.8 Å². The summed E-state index contributed by atoms with van der Waals surface area (Å²) in [5.41, 5.74) is 0.455. The van der Waals surface area contributed by atoms with E-state index >= 15 is 0 Å². The van der Waals surface area contributed by atoms with Crippen LogP contribution in [0.4, 0.5) is 11.4 Å². The summed E-state index contributed by atoms with van der Waals surface area (Å²) in [7, 11) is 0. The number of anilines is 1. The molecule has 1 rings (SSSR count). The van der Waals surface area contributed by atoms with Crippen molar-refractivity contribution >= 4 is 33.3 Å². The highest BCUT2D eigenvalue weighted by molar-refractivity contribution is 9.10. The smallest absolute Gasteiger partial charge is 0.302 e. The first-order chi connectivity index (χ1) is 8.90. The minimum absolute atomic E-state index is 0.0166. The van der Waals surface area contributed by atoms with E-state index in [2.05, 4.69) is 21.2 Å². The summed E-state index contributed by atoms with van der Waals surface area (Å²) in [6, 6.07) is 4.70. The number of benzene rings is 1. The number of nitrogens with one attached hydrogen (secondary N) is 1. The second kappa shape index (κ2) is 7.08. The SMILES string of the molecule is CC(=O)OC[C@@H](C)CNc1cc(Br)ccc1[N+](=O)[O-]. The average Bonchev–Trinajstić information content (AvgIpc) is 2.33. The molecule has 0 amide bonds. The van der Waals surface area contributed by atoms with Crippen LogP contribution in [0.25, 0.3) is 0 Å². The van der Waals surface area contributed by atoms with Gasteiger partial charge in [0.1, 0.15) is 5.69 Å². The molecule has 0 fully saturated rings. The van der Waals surface area contributed by atoms with Crippen LogP contribution in [0, 0.1) is 16.0 Å². The van der Waals surface area contributed by atoms with Crippen LogP contribution >= 0.6 is 15.9 Å². The third-order valence-electron chi connectivity index (χ3n) is 2.37. The average molecular weight is 331 g/mol. The molecule has 0 aliphatic rings. The first-order valence-electron chi connectivity index (χ1n) is 5.71. The first kappa shape index (κ1) is 15.4. The van der Waals surface area contributed by atoms with Gasteiger partial charge in [-0.1, -0.05) is 22.9 Å². The maximum Gasteiger partial charge on any atom is 0.302 e. The Morgan fingerprint density at radius 1 is 1.58 bits per heavy atom. The van der Waals surface area contributed by atoms with Crippen LogP contribution < -0.4 is 5.32 Å². The lowest BCUT2D eigenvalue weighted by Crippen LogP contribution is -2.18. The van der Waals surface area contributed by atoms with Gasteiger partial charge < -0.3 is 10.1 Å². The molecule has 19 heavy (non-hydrogen) atoms. The van der Waals surface area contributed by atoms with E-state index in [9.17, 15) is 14.9 Å². The Bertz CT molecular complexity index is 479. The van der Waals surface area contributed by atoms with Crippen molar-refractivity contribution in [3.05, 3.63) is 32.8 Å². The van der Waals surface area contributed by atoms with Crippen molar-refractivity contribution in [1.29, 1.82) is 0 Å². The first-order valence-corrected chi connectivity index (χ1v) is 6.50. The van der Waals surface area contributed by atoms with Crippen LogP contribution in [-0.4, -0.2) is 24.0 Å². The van der Waals surface area contributed by atoms with E-state index in [1.807, 2.05) is 6.92 Å². The van der Waals surface area contributed by atoms with Gasteiger partial charge in [-0.25, -0.2) is 0 Å². The maximum absolute atomic E-state index is 10.9. The molecular weight excluding hydrogens is 316 g/mol. The van der Waals surface area contributed by atoms with E-state index in [1.54, 1.807) is 12.1 Å². The third-order valence-corrected chi connectivity index (χ3v) is 2.86. The lowest BCUT2D eigenvalue weighted by molar-refractivity contribution is -0.384. The number of rotatable bonds is 6. The largest absolute Gasteiger partial charge is 0.466 e. The molecule has 0 spiro atoms. The van der Waals surface area contributed by atoms with Crippen molar-refractivity contribution in [2.45, 2.75) is 13.8 Å². The summed E-state index contributed by atoms with van der Waals surface area (Å²) < 4.78 is 5.63. The summed E-state index contributed by atoms with van der Waals surface area (Å²) >= 11 is 3.27. The zero-order chi connectivity index (χ0) is 14.4. The highest BCUT2D eigenvalue weighted by Crippen LogP contribution is 2.27. The number of esters is 1. The Labute approximate surface area is 119 Å².